The molecule has 7 heteroatoms. The van der Waals surface area contributed by atoms with Crippen LogP contribution < -0.4 is 4.72 Å². The first-order valence-corrected chi connectivity index (χ1v) is 8.30. The van der Waals surface area contributed by atoms with Crippen LogP contribution in [0.2, 0.25) is 0 Å². The smallest absolute Gasteiger partial charge is 0.207 e. The Morgan fingerprint density at radius 3 is 2.24 bits per heavy atom. The summed E-state index contributed by atoms with van der Waals surface area (Å²) in [6.07, 6.45) is 0. The van der Waals surface area contributed by atoms with Gasteiger partial charge >= 0.3 is 0 Å². The van der Waals surface area contributed by atoms with E-state index in [2.05, 4.69) is 20.7 Å². The first kappa shape index (κ1) is 16.1. The summed E-state index contributed by atoms with van der Waals surface area (Å²) < 4.78 is 53.6. The molecule has 1 atom stereocenters. The van der Waals surface area contributed by atoms with E-state index in [1.54, 1.807) is 19.1 Å². The van der Waals surface area contributed by atoms with Crippen LogP contribution in [0.25, 0.3) is 0 Å². The minimum absolute atomic E-state index is 0.0973. The van der Waals surface area contributed by atoms with Crippen LogP contribution >= 0.6 is 15.9 Å². The number of nitrogens with one attached hydrogen (secondary N) is 1. The molecule has 0 bridgehead atoms. The predicted molar refractivity (Wildman–Crippen MR) is 79.2 cm³/mol. The molecule has 0 aliphatic heterocycles. The maximum absolute atomic E-state index is 13.2. The first-order chi connectivity index (χ1) is 9.79. The Kier molecular flexibility index (Phi) is 4.75. The van der Waals surface area contributed by atoms with Gasteiger partial charge in [-0.1, -0.05) is 22.0 Å². The third kappa shape index (κ3) is 3.87. The highest BCUT2D eigenvalue weighted by atomic mass is 79.9. The largest absolute Gasteiger partial charge is 0.241 e. The van der Waals surface area contributed by atoms with Gasteiger partial charge < -0.3 is 0 Å². The van der Waals surface area contributed by atoms with Crippen molar-refractivity contribution in [3.63, 3.8) is 0 Å². The third-order valence-corrected chi connectivity index (χ3v) is 4.98. The number of rotatable bonds is 4. The van der Waals surface area contributed by atoms with E-state index in [-0.39, 0.29) is 4.90 Å². The van der Waals surface area contributed by atoms with Crippen molar-refractivity contribution in [2.45, 2.75) is 17.9 Å². The molecule has 0 saturated carbocycles. The fourth-order valence-electron chi connectivity index (χ4n) is 1.76. The van der Waals surface area contributed by atoms with Crippen LogP contribution in [0.3, 0.4) is 0 Å². The lowest BCUT2D eigenvalue weighted by Gasteiger charge is -2.15. The van der Waals surface area contributed by atoms with Gasteiger partial charge in [0.1, 0.15) is 0 Å². The highest BCUT2D eigenvalue weighted by Crippen LogP contribution is 2.20. The Hall–Kier alpha value is -1.31. The van der Waals surface area contributed by atoms with Crippen molar-refractivity contribution in [3.8, 4) is 0 Å². The zero-order valence-electron chi connectivity index (χ0n) is 11.0. The molecular formula is C14H12BrF2NO2S. The number of sulfonamides is 1. The highest BCUT2D eigenvalue weighted by molar-refractivity contribution is 9.10. The second-order valence-electron chi connectivity index (χ2n) is 4.47. The molecule has 21 heavy (non-hydrogen) atoms. The summed E-state index contributed by atoms with van der Waals surface area (Å²) in [6, 6.07) is 8.71. The predicted octanol–water partition coefficient (Wildman–Crippen LogP) is 3.77. The molecule has 2 aromatic carbocycles. The van der Waals surface area contributed by atoms with Crippen LogP contribution in [-0.4, -0.2) is 8.42 Å². The topological polar surface area (TPSA) is 46.2 Å². The second-order valence-corrected chi connectivity index (χ2v) is 7.10. The molecule has 0 aliphatic carbocycles. The summed E-state index contributed by atoms with van der Waals surface area (Å²) in [7, 11) is -3.73. The minimum atomic E-state index is -3.73. The number of halogens is 3. The van der Waals surface area contributed by atoms with Gasteiger partial charge in [0.25, 0.3) is 0 Å². The molecule has 0 heterocycles. The van der Waals surface area contributed by atoms with Gasteiger partial charge in [0.05, 0.1) is 4.90 Å². The fraction of sp³-hybridized carbons (Fsp3) is 0.143. The van der Waals surface area contributed by atoms with Crippen LogP contribution in [0.1, 0.15) is 18.5 Å². The van der Waals surface area contributed by atoms with E-state index in [4.69, 9.17) is 0 Å². The molecule has 2 rings (SSSR count). The van der Waals surface area contributed by atoms with E-state index in [9.17, 15) is 17.2 Å². The van der Waals surface area contributed by atoms with Crippen molar-refractivity contribution < 1.29 is 17.2 Å². The molecule has 1 N–H and O–H groups in total. The van der Waals surface area contributed by atoms with Gasteiger partial charge in [-0.25, -0.2) is 21.9 Å². The molecule has 0 unspecified atom stereocenters. The van der Waals surface area contributed by atoms with Gasteiger partial charge in [-0.2, -0.15) is 0 Å². The molecular weight excluding hydrogens is 364 g/mol. The van der Waals surface area contributed by atoms with Crippen LogP contribution in [0, 0.1) is 11.6 Å². The molecule has 0 amide bonds. The molecule has 0 fully saturated rings. The maximum atomic E-state index is 13.2. The van der Waals surface area contributed by atoms with E-state index in [1.807, 2.05) is 0 Å². The highest BCUT2D eigenvalue weighted by Gasteiger charge is 2.19. The van der Waals surface area contributed by atoms with E-state index < -0.39 is 27.7 Å². The Bertz CT molecular complexity index is 748. The average Bonchev–Trinajstić information content (AvgIpc) is 2.41. The van der Waals surface area contributed by atoms with Gasteiger partial charge in [0.2, 0.25) is 10.0 Å². The summed E-state index contributed by atoms with van der Waals surface area (Å²) in [5.74, 6) is -1.98. The van der Waals surface area contributed by atoms with Gasteiger partial charge in [-0.3, -0.25) is 0 Å². The number of benzene rings is 2. The lowest BCUT2D eigenvalue weighted by molar-refractivity contribution is 0.504. The van der Waals surface area contributed by atoms with Crippen molar-refractivity contribution in [1.29, 1.82) is 0 Å². The summed E-state index contributed by atoms with van der Waals surface area (Å²) in [4.78, 5) is 0.0973. The number of hydrogen-bond donors (Lipinski definition) is 1. The van der Waals surface area contributed by atoms with E-state index in [0.717, 1.165) is 16.6 Å². The fourth-order valence-corrected chi connectivity index (χ4v) is 3.26. The standard InChI is InChI=1S/C14H12BrF2NO2S/c1-9(10-2-7-13(16)14(17)8-10)18-21(19,20)12-5-3-11(15)4-6-12/h2-9,18H,1H3/t9-/m0/s1. The molecule has 0 saturated heterocycles. The Morgan fingerprint density at radius 2 is 1.67 bits per heavy atom. The van der Waals surface area contributed by atoms with Crippen molar-refractivity contribution >= 4 is 26.0 Å². The van der Waals surface area contributed by atoms with Gasteiger partial charge in [0, 0.05) is 10.5 Å². The molecule has 0 radical (unpaired) electrons. The molecule has 112 valence electrons. The maximum Gasteiger partial charge on any atom is 0.241 e. The van der Waals surface area contributed by atoms with Gasteiger partial charge in [0.15, 0.2) is 11.6 Å². The van der Waals surface area contributed by atoms with Crippen molar-refractivity contribution in [1.82, 2.24) is 4.72 Å². The first-order valence-electron chi connectivity index (χ1n) is 6.02. The average molecular weight is 376 g/mol. The normalized spacial score (nSPS) is 13.1. The van der Waals surface area contributed by atoms with Crippen molar-refractivity contribution in [2.75, 3.05) is 0 Å². The summed E-state index contributed by atoms with van der Waals surface area (Å²) in [5, 5.41) is 0. The molecule has 2 aromatic rings. The van der Waals surface area contributed by atoms with Crippen LogP contribution in [-0.2, 0) is 10.0 Å². The SMILES string of the molecule is C[C@H](NS(=O)(=O)c1ccc(Br)cc1)c1ccc(F)c(F)c1. The Labute approximate surface area is 130 Å². The Morgan fingerprint density at radius 1 is 1.05 bits per heavy atom. The third-order valence-electron chi connectivity index (χ3n) is 2.90. The van der Waals surface area contributed by atoms with Crippen LogP contribution in [0.4, 0.5) is 8.78 Å². The zero-order chi connectivity index (χ0) is 15.6. The lowest BCUT2D eigenvalue weighted by atomic mass is 10.1. The second kappa shape index (κ2) is 6.21. The summed E-state index contributed by atoms with van der Waals surface area (Å²) >= 11 is 3.22. The lowest BCUT2D eigenvalue weighted by Crippen LogP contribution is -2.27. The van der Waals surface area contributed by atoms with Crippen molar-refractivity contribution in [3.05, 3.63) is 64.1 Å². The molecule has 0 spiro atoms. The summed E-state index contributed by atoms with van der Waals surface area (Å²) in [6.45, 7) is 1.56. The van der Waals surface area contributed by atoms with Gasteiger partial charge in [-0.05, 0) is 48.9 Å². The van der Waals surface area contributed by atoms with E-state index in [0.29, 0.717) is 5.56 Å². The van der Waals surface area contributed by atoms with Crippen molar-refractivity contribution in [2.24, 2.45) is 0 Å². The van der Waals surface area contributed by atoms with Crippen LogP contribution in [0.5, 0.6) is 0 Å². The Balaban J connectivity index is 2.23. The summed E-state index contributed by atoms with van der Waals surface area (Å²) in [5.41, 5.74) is 0.342. The van der Waals surface area contributed by atoms with E-state index >= 15 is 0 Å². The molecule has 3 nitrogen and oxygen atoms in total. The molecule has 0 aliphatic rings. The molecule has 0 aromatic heterocycles. The van der Waals surface area contributed by atoms with Gasteiger partial charge in [-0.15, -0.1) is 0 Å². The number of hydrogen-bond acceptors (Lipinski definition) is 2. The van der Waals surface area contributed by atoms with E-state index in [1.165, 1.54) is 18.2 Å². The zero-order valence-corrected chi connectivity index (χ0v) is 13.4. The minimum Gasteiger partial charge on any atom is -0.207 e. The van der Waals surface area contributed by atoms with Crippen LogP contribution in [0.15, 0.2) is 51.8 Å². The monoisotopic (exact) mass is 375 g/mol. The quantitative estimate of drug-likeness (QED) is 0.883.